The van der Waals surface area contributed by atoms with Gasteiger partial charge in [0.15, 0.2) is 6.19 Å². The Balaban J connectivity index is 1.99. The standard InChI is InChI=1S/C14H12N6/c1-9-14(10-4-2-3-5-11(10)19-9)20-13-6-12(16-7-15)17-8-18-13/h2-6,8,19H,1H3,(H2,16,17,18,20). The topological polar surface area (TPSA) is 89.4 Å². The normalized spacial score (nSPS) is 10.2. The van der Waals surface area contributed by atoms with Gasteiger partial charge in [-0.05, 0) is 13.0 Å². The zero-order valence-corrected chi connectivity index (χ0v) is 10.8. The molecule has 3 rings (SSSR count). The summed E-state index contributed by atoms with van der Waals surface area (Å²) >= 11 is 0. The molecule has 0 saturated carbocycles. The van der Waals surface area contributed by atoms with Crippen molar-refractivity contribution in [3.05, 3.63) is 42.4 Å². The highest BCUT2D eigenvalue weighted by Crippen LogP contribution is 2.29. The fraction of sp³-hybridized carbons (Fsp3) is 0.0714. The minimum absolute atomic E-state index is 0.461. The molecule has 0 fully saturated rings. The molecule has 20 heavy (non-hydrogen) atoms. The van der Waals surface area contributed by atoms with Crippen molar-refractivity contribution in [2.24, 2.45) is 0 Å². The van der Waals surface area contributed by atoms with Gasteiger partial charge in [0, 0.05) is 22.7 Å². The molecule has 2 aromatic heterocycles. The van der Waals surface area contributed by atoms with E-state index in [1.54, 1.807) is 6.07 Å². The molecule has 0 unspecified atom stereocenters. The van der Waals surface area contributed by atoms with E-state index in [0.29, 0.717) is 11.6 Å². The quantitative estimate of drug-likeness (QED) is 0.500. The van der Waals surface area contributed by atoms with Crippen LogP contribution in [0.5, 0.6) is 0 Å². The molecule has 6 heteroatoms. The number of aromatic nitrogens is 3. The van der Waals surface area contributed by atoms with Gasteiger partial charge in [-0.2, -0.15) is 5.26 Å². The molecular formula is C14H12N6. The molecule has 0 radical (unpaired) electrons. The SMILES string of the molecule is Cc1[nH]c2ccccc2c1Nc1cc(NC#N)ncn1. The Kier molecular flexibility index (Phi) is 2.94. The molecular weight excluding hydrogens is 252 g/mol. The Morgan fingerprint density at radius 2 is 2.00 bits per heavy atom. The summed E-state index contributed by atoms with van der Waals surface area (Å²) in [5.74, 6) is 1.09. The highest BCUT2D eigenvalue weighted by atomic mass is 15.1. The Morgan fingerprint density at radius 1 is 1.20 bits per heavy atom. The molecule has 1 aromatic carbocycles. The summed E-state index contributed by atoms with van der Waals surface area (Å²) in [6, 6.07) is 9.72. The first-order chi connectivity index (χ1) is 9.78. The number of nitrogens with zero attached hydrogens (tertiary/aromatic N) is 3. The molecule has 0 spiro atoms. The summed E-state index contributed by atoms with van der Waals surface area (Å²) in [6.07, 6.45) is 3.25. The molecule has 98 valence electrons. The third kappa shape index (κ3) is 2.12. The lowest BCUT2D eigenvalue weighted by Crippen LogP contribution is -1.98. The zero-order chi connectivity index (χ0) is 13.9. The molecule has 0 aliphatic heterocycles. The first-order valence-electron chi connectivity index (χ1n) is 6.09. The summed E-state index contributed by atoms with van der Waals surface area (Å²) in [4.78, 5) is 11.4. The monoisotopic (exact) mass is 264 g/mol. The summed E-state index contributed by atoms with van der Waals surface area (Å²) in [6.45, 7) is 2.00. The lowest BCUT2D eigenvalue weighted by molar-refractivity contribution is 1.16. The smallest absolute Gasteiger partial charge is 0.182 e. The minimum atomic E-state index is 0.461. The van der Waals surface area contributed by atoms with Gasteiger partial charge in [-0.3, -0.25) is 5.32 Å². The maximum absolute atomic E-state index is 8.61. The molecule has 0 amide bonds. The van der Waals surface area contributed by atoms with Crippen molar-refractivity contribution in [3.63, 3.8) is 0 Å². The molecule has 2 heterocycles. The number of hydrogen-bond acceptors (Lipinski definition) is 5. The van der Waals surface area contributed by atoms with E-state index in [1.807, 2.05) is 37.4 Å². The number of nitrogens with one attached hydrogen (secondary N) is 3. The van der Waals surface area contributed by atoms with E-state index in [9.17, 15) is 0 Å². The van der Waals surface area contributed by atoms with Crippen LogP contribution in [-0.2, 0) is 0 Å². The van der Waals surface area contributed by atoms with E-state index >= 15 is 0 Å². The van der Waals surface area contributed by atoms with E-state index in [2.05, 4.69) is 25.6 Å². The maximum Gasteiger partial charge on any atom is 0.182 e. The first-order valence-corrected chi connectivity index (χ1v) is 6.09. The number of nitriles is 1. The van der Waals surface area contributed by atoms with Crippen molar-refractivity contribution in [2.45, 2.75) is 6.92 Å². The number of rotatable bonds is 3. The van der Waals surface area contributed by atoms with Crippen LogP contribution in [0, 0.1) is 18.4 Å². The fourth-order valence-electron chi connectivity index (χ4n) is 2.12. The van der Waals surface area contributed by atoms with Crippen LogP contribution >= 0.6 is 0 Å². The van der Waals surface area contributed by atoms with E-state index < -0.39 is 0 Å². The summed E-state index contributed by atoms with van der Waals surface area (Å²) < 4.78 is 0. The van der Waals surface area contributed by atoms with Crippen LogP contribution in [0.4, 0.5) is 17.3 Å². The van der Waals surface area contributed by atoms with Gasteiger partial charge in [-0.15, -0.1) is 0 Å². The van der Waals surface area contributed by atoms with Crippen LogP contribution in [0.1, 0.15) is 5.69 Å². The van der Waals surface area contributed by atoms with Gasteiger partial charge in [0.1, 0.15) is 18.0 Å². The number of aryl methyl sites for hydroxylation is 1. The van der Waals surface area contributed by atoms with E-state index in [4.69, 9.17) is 5.26 Å². The van der Waals surface area contributed by atoms with Crippen molar-refractivity contribution >= 4 is 28.2 Å². The number of benzene rings is 1. The molecule has 0 aliphatic rings. The van der Waals surface area contributed by atoms with E-state index in [-0.39, 0.29) is 0 Å². The van der Waals surface area contributed by atoms with Crippen LogP contribution in [-0.4, -0.2) is 15.0 Å². The van der Waals surface area contributed by atoms with Crippen molar-refractivity contribution in [3.8, 4) is 6.19 Å². The number of anilines is 3. The highest BCUT2D eigenvalue weighted by Gasteiger charge is 2.08. The molecule has 3 aromatic rings. The van der Waals surface area contributed by atoms with Gasteiger partial charge in [-0.1, -0.05) is 18.2 Å². The fourth-order valence-corrected chi connectivity index (χ4v) is 2.12. The van der Waals surface area contributed by atoms with Crippen LogP contribution in [0.2, 0.25) is 0 Å². The third-order valence-corrected chi connectivity index (χ3v) is 3.00. The van der Waals surface area contributed by atoms with Crippen molar-refractivity contribution < 1.29 is 0 Å². The molecule has 0 saturated heterocycles. The van der Waals surface area contributed by atoms with E-state index in [0.717, 1.165) is 22.3 Å². The number of para-hydroxylation sites is 1. The van der Waals surface area contributed by atoms with Crippen LogP contribution in [0.25, 0.3) is 10.9 Å². The van der Waals surface area contributed by atoms with Crippen molar-refractivity contribution in [1.29, 1.82) is 5.26 Å². The average Bonchev–Trinajstić information content (AvgIpc) is 2.76. The van der Waals surface area contributed by atoms with Crippen LogP contribution in [0.15, 0.2) is 36.7 Å². The molecule has 0 bridgehead atoms. The first kappa shape index (κ1) is 12.0. The lowest BCUT2D eigenvalue weighted by atomic mass is 10.2. The van der Waals surface area contributed by atoms with Gasteiger partial charge in [-0.25, -0.2) is 9.97 Å². The van der Waals surface area contributed by atoms with Gasteiger partial charge in [0.05, 0.1) is 5.69 Å². The van der Waals surface area contributed by atoms with Crippen LogP contribution in [0.3, 0.4) is 0 Å². The summed E-state index contributed by atoms with van der Waals surface area (Å²) in [5.41, 5.74) is 3.07. The Bertz CT molecular complexity index is 799. The Labute approximate surface area is 115 Å². The molecule has 3 N–H and O–H groups in total. The van der Waals surface area contributed by atoms with Gasteiger partial charge >= 0.3 is 0 Å². The lowest BCUT2D eigenvalue weighted by Gasteiger charge is -2.06. The number of fused-ring (bicyclic) bond motifs is 1. The maximum atomic E-state index is 8.61. The Hall–Kier alpha value is -3.07. The second-order valence-electron chi connectivity index (χ2n) is 4.32. The predicted molar refractivity (Wildman–Crippen MR) is 77.6 cm³/mol. The van der Waals surface area contributed by atoms with Gasteiger partial charge in [0.25, 0.3) is 0 Å². The van der Waals surface area contributed by atoms with Gasteiger partial charge < -0.3 is 10.3 Å². The van der Waals surface area contributed by atoms with Crippen molar-refractivity contribution in [1.82, 2.24) is 15.0 Å². The zero-order valence-electron chi connectivity index (χ0n) is 10.8. The van der Waals surface area contributed by atoms with Crippen LogP contribution < -0.4 is 10.6 Å². The number of aromatic amines is 1. The van der Waals surface area contributed by atoms with Gasteiger partial charge in [0.2, 0.25) is 0 Å². The summed E-state index contributed by atoms with van der Waals surface area (Å²) in [5, 5.41) is 15.4. The predicted octanol–water partition coefficient (Wildman–Crippen LogP) is 2.90. The Morgan fingerprint density at radius 3 is 2.85 bits per heavy atom. The molecule has 0 aliphatic carbocycles. The number of H-pyrrole nitrogens is 1. The third-order valence-electron chi connectivity index (χ3n) is 3.00. The minimum Gasteiger partial charge on any atom is -0.357 e. The second-order valence-corrected chi connectivity index (χ2v) is 4.32. The largest absolute Gasteiger partial charge is 0.357 e. The average molecular weight is 264 g/mol. The molecule has 0 atom stereocenters. The number of hydrogen-bond donors (Lipinski definition) is 3. The summed E-state index contributed by atoms with van der Waals surface area (Å²) in [7, 11) is 0. The van der Waals surface area contributed by atoms with E-state index in [1.165, 1.54) is 6.33 Å². The molecule has 6 nitrogen and oxygen atoms in total. The highest BCUT2D eigenvalue weighted by molar-refractivity contribution is 5.95. The second kappa shape index (κ2) is 4.90. The van der Waals surface area contributed by atoms with Crippen molar-refractivity contribution in [2.75, 3.05) is 10.6 Å².